The lowest BCUT2D eigenvalue weighted by Gasteiger charge is -2.05. The fourth-order valence-corrected chi connectivity index (χ4v) is 1.85. The lowest BCUT2D eigenvalue weighted by atomic mass is 10.00. The van der Waals surface area contributed by atoms with E-state index < -0.39 is 0 Å². The number of benzene rings is 1. The molecule has 0 heterocycles. The predicted molar refractivity (Wildman–Crippen MR) is 71.1 cm³/mol. The van der Waals surface area contributed by atoms with Gasteiger partial charge in [-0.3, -0.25) is 0 Å². The summed E-state index contributed by atoms with van der Waals surface area (Å²) >= 11 is 0. The Bertz CT molecular complexity index is 444. The van der Waals surface area contributed by atoms with Crippen LogP contribution in [0.3, 0.4) is 0 Å². The minimum absolute atomic E-state index is 1.04. The SMILES string of the molecule is C=CCCC=C1C=CC=C1c1ccccc1. The van der Waals surface area contributed by atoms with Crippen LogP contribution >= 0.6 is 0 Å². The molecule has 16 heavy (non-hydrogen) atoms. The summed E-state index contributed by atoms with van der Waals surface area (Å²) in [4.78, 5) is 0. The smallest absolute Gasteiger partial charge is 0.0115 e. The average Bonchev–Trinajstić information content (AvgIpc) is 2.79. The molecule has 0 spiro atoms. The van der Waals surface area contributed by atoms with Crippen LogP contribution in [0.15, 0.2) is 72.9 Å². The van der Waals surface area contributed by atoms with Gasteiger partial charge in [0, 0.05) is 0 Å². The van der Waals surface area contributed by atoms with Crippen molar-refractivity contribution in [2.45, 2.75) is 12.8 Å². The molecule has 1 aromatic rings. The number of hydrogen-bond donors (Lipinski definition) is 0. The second kappa shape index (κ2) is 5.32. The molecule has 1 aromatic carbocycles. The van der Waals surface area contributed by atoms with Crippen molar-refractivity contribution in [1.29, 1.82) is 0 Å². The largest absolute Gasteiger partial charge is 0.103 e. The summed E-state index contributed by atoms with van der Waals surface area (Å²) in [6.07, 6.45) is 12.8. The van der Waals surface area contributed by atoms with Crippen LogP contribution in [-0.4, -0.2) is 0 Å². The first-order chi connectivity index (χ1) is 7.92. The summed E-state index contributed by atoms with van der Waals surface area (Å²) in [5.74, 6) is 0. The molecule has 2 rings (SSSR count). The molecule has 0 N–H and O–H groups in total. The fraction of sp³-hybridized carbons (Fsp3) is 0.125. The van der Waals surface area contributed by atoms with E-state index in [4.69, 9.17) is 0 Å². The molecule has 0 heteroatoms. The highest BCUT2D eigenvalue weighted by Gasteiger charge is 2.07. The molecule has 0 saturated heterocycles. The molecular formula is C16H16. The third-order valence-corrected chi connectivity index (χ3v) is 2.67. The summed E-state index contributed by atoms with van der Waals surface area (Å²) in [7, 11) is 0. The molecule has 1 aliphatic rings. The van der Waals surface area contributed by atoms with E-state index in [0.29, 0.717) is 0 Å². The van der Waals surface area contributed by atoms with E-state index in [1.165, 1.54) is 16.7 Å². The first kappa shape index (κ1) is 10.7. The Morgan fingerprint density at radius 1 is 1.06 bits per heavy atom. The van der Waals surface area contributed by atoms with Gasteiger partial charge in [0.25, 0.3) is 0 Å². The fourth-order valence-electron chi connectivity index (χ4n) is 1.85. The van der Waals surface area contributed by atoms with Crippen LogP contribution in [0.4, 0.5) is 0 Å². The first-order valence-corrected chi connectivity index (χ1v) is 5.67. The van der Waals surface area contributed by atoms with Gasteiger partial charge in [-0.25, -0.2) is 0 Å². The van der Waals surface area contributed by atoms with E-state index in [0.717, 1.165) is 12.8 Å². The van der Waals surface area contributed by atoms with Crippen molar-refractivity contribution < 1.29 is 0 Å². The summed E-state index contributed by atoms with van der Waals surface area (Å²) in [6.45, 7) is 3.74. The summed E-state index contributed by atoms with van der Waals surface area (Å²) in [6, 6.07) is 10.5. The van der Waals surface area contributed by atoms with E-state index in [1.807, 2.05) is 12.1 Å². The Kier molecular flexibility index (Phi) is 3.55. The van der Waals surface area contributed by atoms with E-state index in [9.17, 15) is 0 Å². The zero-order valence-corrected chi connectivity index (χ0v) is 9.39. The maximum absolute atomic E-state index is 3.74. The third kappa shape index (κ3) is 2.40. The lowest BCUT2D eigenvalue weighted by Crippen LogP contribution is -1.84. The number of unbranched alkanes of at least 4 members (excludes halogenated alkanes) is 1. The van der Waals surface area contributed by atoms with Crippen molar-refractivity contribution >= 4 is 5.57 Å². The first-order valence-electron chi connectivity index (χ1n) is 5.67. The maximum atomic E-state index is 3.74. The maximum Gasteiger partial charge on any atom is -0.0115 e. The second-order valence-electron chi connectivity index (χ2n) is 3.83. The highest BCUT2D eigenvalue weighted by atomic mass is 14.1. The van der Waals surface area contributed by atoms with Crippen LogP contribution in [0.25, 0.3) is 5.57 Å². The van der Waals surface area contributed by atoms with E-state index in [1.54, 1.807) is 0 Å². The summed E-state index contributed by atoms with van der Waals surface area (Å²) in [5, 5.41) is 0. The van der Waals surface area contributed by atoms with Gasteiger partial charge in [-0.1, -0.05) is 60.7 Å². The molecule has 80 valence electrons. The van der Waals surface area contributed by atoms with Gasteiger partial charge in [0.2, 0.25) is 0 Å². The van der Waals surface area contributed by atoms with Crippen molar-refractivity contribution in [3.05, 3.63) is 78.4 Å². The minimum Gasteiger partial charge on any atom is -0.103 e. The Balaban J connectivity index is 2.17. The van der Waals surface area contributed by atoms with Gasteiger partial charge in [-0.05, 0) is 29.6 Å². The standard InChI is InChI=1S/C16H16/c1-2-3-5-9-15-12-8-13-16(15)14-10-6-4-7-11-14/h2,4,6-13H,1,3,5H2. The van der Waals surface area contributed by atoms with Crippen molar-refractivity contribution in [1.82, 2.24) is 0 Å². The van der Waals surface area contributed by atoms with Crippen LogP contribution in [0.2, 0.25) is 0 Å². The molecule has 0 aliphatic heterocycles. The monoisotopic (exact) mass is 208 g/mol. The Labute approximate surface area is 97.3 Å². The van der Waals surface area contributed by atoms with Crippen molar-refractivity contribution in [3.8, 4) is 0 Å². The molecule has 0 unspecified atom stereocenters. The second-order valence-corrected chi connectivity index (χ2v) is 3.83. The lowest BCUT2D eigenvalue weighted by molar-refractivity contribution is 1.05. The molecule has 0 aromatic heterocycles. The van der Waals surface area contributed by atoms with Gasteiger partial charge in [0.05, 0.1) is 0 Å². The zero-order valence-electron chi connectivity index (χ0n) is 9.39. The topological polar surface area (TPSA) is 0 Å². The number of rotatable bonds is 4. The van der Waals surface area contributed by atoms with Crippen molar-refractivity contribution in [3.63, 3.8) is 0 Å². The molecular weight excluding hydrogens is 192 g/mol. The van der Waals surface area contributed by atoms with Gasteiger partial charge in [-0.15, -0.1) is 6.58 Å². The van der Waals surface area contributed by atoms with Gasteiger partial charge in [0.1, 0.15) is 0 Å². The van der Waals surface area contributed by atoms with Gasteiger partial charge < -0.3 is 0 Å². The Morgan fingerprint density at radius 3 is 2.62 bits per heavy atom. The zero-order chi connectivity index (χ0) is 11.2. The van der Waals surface area contributed by atoms with E-state index >= 15 is 0 Å². The van der Waals surface area contributed by atoms with Crippen LogP contribution in [-0.2, 0) is 0 Å². The summed E-state index contributed by atoms with van der Waals surface area (Å²) in [5.41, 5.74) is 3.94. The van der Waals surface area contributed by atoms with Crippen molar-refractivity contribution in [2.24, 2.45) is 0 Å². The average molecular weight is 208 g/mol. The van der Waals surface area contributed by atoms with Crippen LogP contribution in [0.1, 0.15) is 18.4 Å². The highest BCUT2D eigenvalue weighted by Crippen LogP contribution is 2.28. The van der Waals surface area contributed by atoms with Crippen LogP contribution in [0.5, 0.6) is 0 Å². The van der Waals surface area contributed by atoms with Crippen LogP contribution < -0.4 is 0 Å². The van der Waals surface area contributed by atoms with E-state index in [-0.39, 0.29) is 0 Å². The van der Waals surface area contributed by atoms with E-state index in [2.05, 4.69) is 55.1 Å². The third-order valence-electron chi connectivity index (χ3n) is 2.67. The molecule has 0 fully saturated rings. The summed E-state index contributed by atoms with van der Waals surface area (Å²) < 4.78 is 0. The Morgan fingerprint density at radius 2 is 1.88 bits per heavy atom. The minimum atomic E-state index is 1.04. The molecule has 0 amide bonds. The Hall–Kier alpha value is -1.82. The van der Waals surface area contributed by atoms with Crippen molar-refractivity contribution in [2.75, 3.05) is 0 Å². The number of allylic oxidation sites excluding steroid dienone is 7. The molecule has 0 radical (unpaired) electrons. The van der Waals surface area contributed by atoms with Gasteiger partial charge >= 0.3 is 0 Å². The molecule has 1 aliphatic carbocycles. The van der Waals surface area contributed by atoms with Gasteiger partial charge in [0.15, 0.2) is 0 Å². The molecule has 0 saturated carbocycles. The molecule has 0 nitrogen and oxygen atoms in total. The van der Waals surface area contributed by atoms with Crippen LogP contribution in [0, 0.1) is 0 Å². The van der Waals surface area contributed by atoms with Gasteiger partial charge in [-0.2, -0.15) is 0 Å². The molecule has 0 bridgehead atoms. The predicted octanol–water partition coefficient (Wildman–Crippen LogP) is 4.53. The highest BCUT2D eigenvalue weighted by molar-refractivity contribution is 5.85. The molecule has 0 atom stereocenters. The normalized spacial score (nSPS) is 16.5. The quantitative estimate of drug-likeness (QED) is 0.503. The number of hydrogen-bond acceptors (Lipinski definition) is 0.